The highest BCUT2D eigenvalue weighted by Gasteiger charge is 2.25. The van der Waals surface area contributed by atoms with Crippen LogP contribution in [0.4, 0.5) is 8.78 Å². The maximum atomic E-state index is 12.1. The Morgan fingerprint density at radius 3 is 2.65 bits per heavy atom. The van der Waals surface area contributed by atoms with Crippen LogP contribution in [0.15, 0.2) is 24.3 Å². The number of hydrogen-bond acceptors (Lipinski definition) is 3. The topological polar surface area (TPSA) is 32.7 Å². The van der Waals surface area contributed by atoms with Crippen molar-refractivity contribution in [2.24, 2.45) is 0 Å². The molecule has 1 saturated heterocycles. The summed E-state index contributed by atoms with van der Waals surface area (Å²) in [4.78, 5) is 2.34. The van der Waals surface area contributed by atoms with Gasteiger partial charge in [0.25, 0.3) is 0 Å². The number of halogens is 2. The maximum absolute atomic E-state index is 12.1. The van der Waals surface area contributed by atoms with Gasteiger partial charge >= 0.3 is 6.61 Å². The van der Waals surface area contributed by atoms with Gasteiger partial charge in [-0.3, -0.25) is 4.90 Å². The number of ether oxygens (including phenoxy) is 1. The first-order chi connectivity index (χ1) is 9.54. The molecular weight excluding hydrogens is 264 g/mol. The van der Waals surface area contributed by atoms with Gasteiger partial charge < -0.3 is 9.84 Å². The van der Waals surface area contributed by atoms with Gasteiger partial charge in [-0.2, -0.15) is 8.78 Å². The second-order valence-corrected chi connectivity index (χ2v) is 5.37. The number of rotatable bonds is 6. The maximum Gasteiger partial charge on any atom is 0.387 e. The average Bonchev–Trinajstić information content (AvgIpc) is 2.78. The molecule has 1 aliphatic rings. The van der Waals surface area contributed by atoms with Gasteiger partial charge in [0.1, 0.15) is 5.75 Å². The molecule has 0 amide bonds. The minimum atomic E-state index is -2.78. The molecule has 2 unspecified atom stereocenters. The van der Waals surface area contributed by atoms with E-state index in [9.17, 15) is 13.9 Å². The summed E-state index contributed by atoms with van der Waals surface area (Å²) in [7, 11) is 0. The number of aliphatic hydroxyl groups is 1. The molecule has 1 aromatic rings. The van der Waals surface area contributed by atoms with Crippen LogP contribution in [0.3, 0.4) is 0 Å². The Morgan fingerprint density at radius 1 is 1.35 bits per heavy atom. The lowest BCUT2D eigenvalue weighted by atomic mass is 10.1. The summed E-state index contributed by atoms with van der Waals surface area (Å²) in [6.45, 7) is 0.835. The van der Waals surface area contributed by atoms with Crippen molar-refractivity contribution in [1.29, 1.82) is 0 Å². The van der Waals surface area contributed by atoms with Gasteiger partial charge in [0.15, 0.2) is 0 Å². The summed E-state index contributed by atoms with van der Waals surface area (Å²) in [6.07, 6.45) is 2.75. The molecule has 1 aromatic carbocycles. The van der Waals surface area contributed by atoms with Gasteiger partial charge in [-0.25, -0.2) is 0 Å². The number of aliphatic hydroxyl groups excluding tert-OH is 1. The van der Waals surface area contributed by atoms with Crippen molar-refractivity contribution in [3.8, 4) is 5.75 Å². The van der Waals surface area contributed by atoms with Crippen molar-refractivity contribution >= 4 is 0 Å². The summed E-state index contributed by atoms with van der Waals surface area (Å²) < 4.78 is 28.5. The van der Waals surface area contributed by atoms with Crippen LogP contribution in [0.5, 0.6) is 5.75 Å². The molecule has 0 radical (unpaired) electrons. The predicted molar refractivity (Wildman–Crippen MR) is 72.8 cm³/mol. The molecular formula is C15H21F2NO2. The zero-order valence-corrected chi connectivity index (χ0v) is 11.6. The Bertz CT molecular complexity index is 409. The zero-order chi connectivity index (χ0) is 14.5. The van der Waals surface area contributed by atoms with Crippen molar-refractivity contribution in [2.75, 3.05) is 6.54 Å². The largest absolute Gasteiger partial charge is 0.435 e. The molecule has 5 heteroatoms. The van der Waals surface area contributed by atoms with Crippen LogP contribution in [0.25, 0.3) is 0 Å². The Kier molecular flexibility index (Phi) is 5.31. The van der Waals surface area contributed by atoms with Crippen LogP contribution in [0.1, 0.15) is 31.7 Å². The summed E-state index contributed by atoms with van der Waals surface area (Å²) >= 11 is 0. The third-order valence-corrected chi connectivity index (χ3v) is 3.65. The number of benzene rings is 1. The van der Waals surface area contributed by atoms with Gasteiger partial charge in [-0.15, -0.1) is 0 Å². The summed E-state index contributed by atoms with van der Waals surface area (Å²) in [5, 5.41) is 9.50. The first-order valence-corrected chi connectivity index (χ1v) is 7.00. The van der Waals surface area contributed by atoms with Crippen LogP contribution < -0.4 is 4.74 Å². The van der Waals surface area contributed by atoms with E-state index in [1.807, 2.05) is 19.1 Å². The standard InChI is InChI=1S/C15H21F2NO2/c1-11(19)9-13-3-2-8-18(13)10-12-4-6-14(7-5-12)20-15(16)17/h4-7,11,13,15,19H,2-3,8-10H2,1H3. The highest BCUT2D eigenvalue weighted by atomic mass is 19.3. The molecule has 1 N–H and O–H groups in total. The summed E-state index contributed by atoms with van der Waals surface area (Å²) in [5.41, 5.74) is 1.07. The second-order valence-electron chi connectivity index (χ2n) is 5.37. The zero-order valence-electron chi connectivity index (χ0n) is 11.6. The summed E-state index contributed by atoms with van der Waals surface area (Å²) in [5.74, 6) is 0.186. The number of nitrogens with zero attached hydrogens (tertiary/aromatic N) is 1. The van der Waals surface area contributed by atoms with E-state index in [0.717, 1.165) is 37.9 Å². The number of likely N-dealkylation sites (tertiary alicyclic amines) is 1. The molecule has 0 aliphatic carbocycles. The Labute approximate surface area is 118 Å². The normalized spacial score (nSPS) is 21.4. The Balaban J connectivity index is 1.92. The van der Waals surface area contributed by atoms with E-state index in [2.05, 4.69) is 9.64 Å². The van der Waals surface area contributed by atoms with Crippen molar-refractivity contribution in [3.63, 3.8) is 0 Å². The van der Waals surface area contributed by atoms with Crippen molar-refractivity contribution in [1.82, 2.24) is 4.90 Å². The molecule has 1 fully saturated rings. The second kappa shape index (κ2) is 6.99. The monoisotopic (exact) mass is 285 g/mol. The van der Waals surface area contributed by atoms with Gasteiger partial charge in [0, 0.05) is 12.6 Å². The lowest BCUT2D eigenvalue weighted by Gasteiger charge is -2.25. The molecule has 1 heterocycles. The molecule has 2 atom stereocenters. The lowest BCUT2D eigenvalue weighted by Crippen LogP contribution is -2.31. The molecule has 0 saturated carbocycles. The van der Waals surface area contributed by atoms with Gasteiger partial charge in [-0.1, -0.05) is 12.1 Å². The molecule has 0 spiro atoms. The van der Waals surface area contributed by atoms with Crippen LogP contribution in [0, 0.1) is 0 Å². The molecule has 20 heavy (non-hydrogen) atoms. The molecule has 112 valence electrons. The molecule has 3 nitrogen and oxygen atoms in total. The van der Waals surface area contributed by atoms with Gasteiger partial charge in [0.05, 0.1) is 6.10 Å². The van der Waals surface area contributed by atoms with E-state index in [0.29, 0.717) is 6.04 Å². The molecule has 0 aromatic heterocycles. The van der Waals surface area contributed by atoms with Crippen LogP contribution in [-0.2, 0) is 6.54 Å². The first kappa shape index (κ1) is 15.2. The highest BCUT2D eigenvalue weighted by molar-refractivity contribution is 5.27. The fraction of sp³-hybridized carbons (Fsp3) is 0.600. The smallest absolute Gasteiger partial charge is 0.387 e. The quantitative estimate of drug-likeness (QED) is 0.872. The number of hydrogen-bond donors (Lipinski definition) is 1. The van der Waals surface area contributed by atoms with Gasteiger partial charge in [-0.05, 0) is 50.4 Å². The average molecular weight is 285 g/mol. The van der Waals surface area contributed by atoms with E-state index in [4.69, 9.17) is 0 Å². The van der Waals surface area contributed by atoms with E-state index in [1.54, 1.807) is 12.1 Å². The van der Waals surface area contributed by atoms with Crippen LogP contribution >= 0.6 is 0 Å². The SMILES string of the molecule is CC(O)CC1CCCN1Cc1ccc(OC(F)F)cc1. The van der Waals surface area contributed by atoms with Gasteiger partial charge in [0.2, 0.25) is 0 Å². The van der Waals surface area contributed by atoms with E-state index in [1.165, 1.54) is 0 Å². The van der Waals surface area contributed by atoms with E-state index < -0.39 is 6.61 Å². The third-order valence-electron chi connectivity index (χ3n) is 3.65. The third kappa shape index (κ3) is 4.42. The Morgan fingerprint density at radius 2 is 2.05 bits per heavy atom. The first-order valence-electron chi connectivity index (χ1n) is 7.00. The predicted octanol–water partition coefficient (Wildman–Crippen LogP) is 3.02. The van der Waals surface area contributed by atoms with E-state index >= 15 is 0 Å². The molecule has 1 aliphatic heterocycles. The minimum absolute atomic E-state index is 0.186. The van der Waals surface area contributed by atoms with Crippen molar-refractivity contribution in [3.05, 3.63) is 29.8 Å². The molecule has 0 bridgehead atoms. The lowest BCUT2D eigenvalue weighted by molar-refractivity contribution is -0.0498. The van der Waals surface area contributed by atoms with Crippen molar-refractivity contribution < 1.29 is 18.6 Å². The molecule has 2 rings (SSSR count). The van der Waals surface area contributed by atoms with Crippen LogP contribution in [0.2, 0.25) is 0 Å². The summed E-state index contributed by atoms with van der Waals surface area (Å²) in [6, 6.07) is 7.18. The van der Waals surface area contributed by atoms with Crippen molar-refractivity contribution in [2.45, 2.75) is 51.5 Å². The van der Waals surface area contributed by atoms with Crippen LogP contribution in [-0.4, -0.2) is 35.3 Å². The highest BCUT2D eigenvalue weighted by Crippen LogP contribution is 2.24. The van der Waals surface area contributed by atoms with E-state index in [-0.39, 0.29) is 11.9 Å². The Hall–Kier alpha value is -1.20. The fourth-order valence-electron chi connectivity index (χ4n) is 2.77. The number of alkyl halides is 2. The fourth-order valence-corrected chi connectivity index (χ4v) is 2.77. The minimum Gasteiger partial charge on any atom is -0.435 e.